The fraction of sp³-hybridized carbons (Fsp3) is 0.500. The maximum atomic E-state index is 5.28. The molecule has 2 nitrogen and oxygen atoms in total. The zero-order chi connectivity index (χ0) is 8.13. The fourth-order valence-corrected chi connectivity index (χ4v) is 2.24. The Kier molecular flexibility index (Phi) is 1.08. The van der Waals surface area contributed by atoms with Crippen LogP contribution in [0.1, 0.15) is 0 Å². The van der Waals surface area contributed by atoms with E-state index in [0.29, 0.717) is 17.8 Å². The molecule has 0 spiro atoms. The fourth-order valence-electron chi connectivity index (χ4n) is 2.24. The summed E-state index contributed by atoms with van der Waals surface area (Å²) in [4.78, 5) is 4.50. The van der Waals surface area contributed by atoms with Gasteiger partial charge in [-0.2, -0.15) is 0 Å². The Bertz CT molecular complexity index is 283. The highest BCUT2D eigenvalue weighted by Crippen LogP contribution is 2.52. The third-order valence-electron chi connectivity index (χ3n) is 2.96. The second kappa shape index (κ2) is 2.00. The molecule has 4 aliphatic rings. The number of hydrogen-bond donors (Lipinski definition) is 0. The molecule has 2 aliphatic carbocycles. The number of aliphatic imine (C=N–C) groups is 1. The molecule has 0 N–H and O–H groups in total. The number of allylic oxidation sites excluding steroid dienone is 2. The molecular weight excluding hydrogens is 150 g/mol. The van der Waals surface area contributed by atoms with Gasteiger partial charge in [-0.3, -0.25) is 0 Å². The largest absolute Gasteiger partial charge is 0.484 e. The second-order valence-electron chi connectivity index (χ2n) is 3.61. The van der Waals surface area contributed by atoms with Crippen molar-refractivity contribution >= 4 is 5.90 Å². The summed E-state index contributed by atoms with van der Waals surface area (Å²) >= 11 is 0. The monoisotopic (exact) mass is 161 g/mol. The minimum atomic E-state index is 0.236. The van der Waals surface area contributed by atoms with E-state index >= 15 is 0 Å². The van der Waals surface area contributed by atoms with Gasteiger partial charge in [-0.05, 0) is 11.8 Å². The molecule has 12 heavy (non-hydrogen) atoms. The van der Waals surface area contributed by atoms with Crippen molar-refractivity contribution < 1.29 is 4.74 Å². The summed E-state index contributed by atoms with van der Waals surface area (Å²) in [5, 5.41) is 0. The van der Waals surface area contributed by atoms with Gasteiger partial charge in [0.15, 0.2) is 5.90 Å². The van der Waals surface area contributed by atoms with E-state index < -0.39 is 0 Å². The van der Waals surface area contributed by atoms with Gasteiger partial charge in [0.1, 0.15) is 0 Å². The van der Waals surface area contributed by atoms with Crippen molar-refractivity contribution in [1.29, 1.82) is 0 Å². The van der Waals surface area contributed by atoms with E-state index in [-0.39, 0.29) is 6.04 Å². The molecule has 0 saturated heterocycles. The summed E-state index contributed by atoms with van der Waals surface area (Å²) < 4.78 is 5.28. The highest BCUT2D eigenvalue weighted by molar-refractivity contribution is 5.84. The molecule has 2 heteroatoms. The van der Waals surface area contributed by atoms with E-state index in [9.17, 15) is 0 Å². The maximum Gasteiger partial charge on any atom is 0.188 e. The number of methoxy groups -OCH3 is 1. The molecule has 4 bridgehead atoms. The molecule has 0 amide bonds. The molecular formula is C10H11NO. The first-order valence-electron chi connectivity index (χ1n) is 4.38. The van der Waals surface area contributed by atoms with Crippen molar-refractivity contribution in [3.63, 3.8) is 0 Å². The van der Waals surface area contributed by atoms with Crippen LogP contribution >= 0.6 is 0 Å². The van der Waals surface area contributed by atoms with Crippen LogP contribution in [0.2, 0.25) is 0 Å². The maximum absolute atomic E-state index is 5.28. The normalized spacial score (nSPS) is 46.6. The molecule has 2 heterocycles. The first-order chi connectivity index (χ1) is 5.90. The summed E-state index contributed by atoms with van der Waals surface area (Å²) in [7, 11) is 1.72. The van der Waals surface area contributed by atoms with Crippen LogP contribution in [0.5, 0.6) is 0 Å². The third-order valence-corrected chi connectivity index (χ3v) is 2.96. The number of nitrogens with zero attached hydrogens (tertiary/aromatic N) is 1. The van der Waals surface area contributed by atoms with Gasteiger partial charge in [-0.15, -0.1) is 0 Å². The lowest BCUT2D eigenvalue weighted by Crippen LogP contribution is -2.07. The lowest BCUT2D eigenvalue weighted by atomic mass is 10.2. The molecule has 62 valence electrons. The van der Waals surface area contributed by atoms with Crippen molar-refractivity contribution in [1.82, 2.24) is 0 Å². The van der Waals surface area contributed by atoms with Crippen LogP contribution in [0, 0.1) is 17.8 Å². The summed E-state index contributed by atoms with van der Waals surface area (Å²) in [6.07, 6.45) is 8.92. The molecule has 2 atom stereocenters. The van der Waals surface area contributed by atoms with Crippen molar-refractivity contribution in [3.05, 3.63) is 24.3 Å². The van der Waals surface area contributed by atoms with Crippen LogP contribution in [-0.4, -0.2) is 19.0 Å². The Balaban J connectivity index is 2.07. The van der Waals surface area contributed by atoms with Gasteiger partial charge in [-0.1, -0.05) is 24.3 Å². The van der Waals surface area contributed by atoms with Gasteiger partial charge in [0.2, 0.25) is 0 Å². The predicted octanol–water partition coefficient (Wildman–Crippen LogP) is 1.40. The Morgan fingerprint density at radius 1 is 1.17 bits per heavy atom. The molecule has 2 aliphatic heterocycles. The van der Waals surface area contributed by atoms with E-state index in [1.54, 1.807) is 7.11 Å². The van der Waals surface area contributed by atoms with Gasteiger partial charge >= 0.3 is 0 Å². The van der Waals surface area contributed by atoms with Crippen LogP contribution in [0.3, 0.4) is 0 Å². The number of ether oxygens (including phenoxy) is 1. The SMILES string of the molecule is COC1=NC2C=CC3C(C=C2)C13. The minimum absolute atomic E-state index is 0.236. The Hall–Kier alpha value is -1.05. The van der Waals surface area contributed by atoms with E-state index in [0.717, 1.165) is 5.90 Å². The molecule has 0 aromatic heterocycles. The zero-order valence-electron chi connectivity index (χ0n) is 6.97. The Morgan fingerprint density at radius 3 is 2.42 bits per heavy atom. The summed E-state index contributed by atoms with van der Waals surface area (Å²) in [5.41, 5.74) is 0. The van der Waals surface area contributed by atoms with Crippen molar-refractivity contribution in [2.45, 2.75) is 6.04 Å². The van der Waals surface area contributed by atoms with Crippen LogP contribution < -0.4 is 0 Å². The molecule has 1 saturated carbocycles. The first-order valence-corrected chi connectivity index (χ1v) is 4.38. The van der Waals surface area contributed by atoms with Gasteiger partial charge < -0.3 is 4.74 Å². The summed E-state index contributed by atoms with van der Waals surface area (Å²) in [5.74, 6) is 2.85. The summed E-state index contributed by atoms with van der Waals surface area (Å²) in [6.45, 7) is 0. The van der Waals surface area contributed by atoms with Crippen LogP contribution in [0.4, 0.5) is 0 Å². The molecule has 4 rings (SSSR count). The van der Waals surface area contributed by atoms with Crippen molar-refractivity contribution in [2.75, 3.05) is 7.11 Å². The van der Waals surface area contributed by atoms with E-state index in [1.165, 1.54) is 0 Å². The average Bonchev–Trinajstić information content (AvgIpc) is 2.82. The average molecular weight is 161 g/mol. The van der Waals surface area contributed by atoms with Crippen molar-refractivity contribution in [2.24, 2.45) is 22.7 Å². The van der Waals surface area contributed by atoms with Crippen LogP contribution in [0.25, 0.3) is 0 Å². The predicted molar refractivity (Wildman–Crippen MR) is 47.0 cm³/mol. The molecule has 1 fully saturated rings. The zero-order valence-corrected chi connectivity index (χ0v) is 6.97. The smallest absolute Gasteiger partial charge is 0.188 e. The Labute approximate surface area is 71.6 Å². The Morgan fingerprint density at radius 2 is 1.83 bits per heavy atom. The highest BCUT2D eigenvalue weighted by Gasteiger charge is 2.53. The van der Waals surface area contributed by atoms with Crippen molar-refractivity contribution in [3.8, 4) is 0 Å². The third kappa shape index (κ3) is 0.675. The highest BCUT2D eigenvalue weighted by atomic mass is 16.5. The first kappa shape index (κ1) is 6.46. The number of rotatable bonds is 0. The minimum Gasteiger partial charge on any atom is -0.484 e. The lowest BCUT2D eigenvalue weighted by Gasteiger charge is -2.03. The molecule has 0 aromatic rings. The lowest BCUT2D eigenvalue weighted by molar-refractivity contribution is 0.382. The topological polar surface area (TPSA) is 21.6 Å². The standard InChI is InChI=1S/C10H11NO/c1-12-10-9-7-4-2-6(11-10)3-5-8(7)9/h2-9H,1H3. The molecule has 0 radical (unpaired) electrons. The van der Waals surface area contributed by atoms with Gasteiger partial charge in [0.05, 0.1) is 13.2 Å². The van der Waals surface area contributed by atoms with Crippen LogP contribution in [0.15, 0.2) is 29.3 Å². The van der Waals surface area contributed by atoms with Gasteiger partial charge in [-0.25, -0.2) is 4.99 Å². The molecule has 2 unspecified atom stereocenters. The van der Waals surface area contributed by atoms with Gasteiger partial charge in [0.25, 0.3) is 0 Å². The summed E-state index contributed by atoms with van der Waals surface area (Å²) in [6, 6.07) is 0.236. The van der Waals surface area contributed by atoms with Crippen LogP contribution in [-0.2, 0) is 4.74 Å². The van der Waals surface area contributed by atoms with E-state index in [4.69, 9.17) is 4.74 Å². The van der Waals surface area contributed by atoms with Gasteiger partial charge in [0, 0.05) is 5.92 Å². The van der Waals surface area contributed by atoms with E-state index in [2.05, 4.69) is 29.3 Å². The quantitative estimate of drug-likeness (QED) is 0.492. The number of hydrogen-bond acceptors (Lipinski definition) is 2. The van der Waals surface area contributed by atoms with E-state index in [1.807, 2.05) is 0 Å². The molecule has 0 aromatic carbocycles. The second-order valence-corrected chi connectivity index (χ2v) is 3.61.